The maximum Gasteiger partial charge on any atom is 0.416 e. The molecule has 0 unspecified atom stereocenters. The van der Waals surface area contributed by atoms with E-state index >= 15 is 0 Å². The van der Waals surface area contributed by atoms with Crippen LogP contribution >= 0.6 is 0 Å². The molecule has 0 amide bonds. The average molecular weight is 238 g/mol. The van der Waals surface area contributed by atoms with E-state index in [0.717, 1.165) is 24.7 Å². The Bertz CT molecular complexity index is 453. The molecule has 0 saturated carbocycles. The molecule has 0 atom stereocenters. The minimum absolute atomic E-state index is 0.451. The van der Waals surface area contributed by atoms with Crippen LogP contribution in [0.1, 0.15) is 11.1 Å². The molecule has 7 heteroatoms. The second-order valence-corrected chi connectivity index (χ2v) is 4.80. The number of nitrogens with zero attached hydrogens (tertiary/aromatic N) is 1. The zero-order valence-electron chi connectivity index (χ0n) is 7.62. The highest BCUT2D eigenvalue weighted by molar-refractivity contribution is 7.92. The van der Waals surface area contributed by atoms with Gasteiger partial charge in [0.25, 0.3) is 0 Å². The van der Waals surface area contributed by atoms with Crippen molar-refractivity contribution in [3.8, 4) is 0 Å². The molecule has 1 rings (SSSR count). The maximum absolute atomic E-state index is 12.4. The highest BCUT2D eigenvalue weighted by Crippen LogP contribution is 2.32. The van der Waals surface area contributed by atoms with Crippen molar-refractivity contribution in [1.82, 2.24) is 4.98 Å². The summed E-state index contributed by atoms with van der Waals surface area (Å²) in [6.07, 6.45) is -1.94. The minimum Gasteiger partial charge on any atom is -0.264 e. The first-order valence-electron chi connectivity index (χ1n) is 3.76. The van der Waals surface area contributed by atoms with Crippen molar-refractivity contribution in [3.05, 3.63) is 35.3 Å². The molecular weight excluding hydrogens is 231 g/mol. The Morgan fingerprint density at radius 3 is 2.47 bits per heavy atom. The number of sulfone groups is 1. The average Bonchev–Trinajstić information content (AvgIpc) is 1.99. The van der Waals surface area contributed by atoms with E-state index in [9.17, 15) is 21.6 Å². The Hall–Kier alpha value is -1.11. The van der Waals surface area contributed by atoms with Gasteiger partial charge in [0.15, 0.2) is 9.84 Å². The quantitative estimate of drug-likeness (QED) is 0.787. The summed E-state index contributed by atoms with van der Waals surface area (Å²) in [6, 6.07) is 0.733. The number of hydrogen-bond acceptors (Lipinski definition) is 3. The van der Waals surface area contributed by atoms with Crippen molar-refractivity contribution >= 4 is 9.84 Å². The summed E-state index contributed by atoms with van der Waals surface area (Å²) in [5.74, 6) is 0.544. The molecule has 0 N–H and O–H groups in total. The summed E-state index contributed by atoms with van der Waals surface area (Å²) < 4.78 is 58.8. The van der Waals surface area contributed by atoms with E-state index < -0.39 is 27.1 Å². The van der Waals surface area contributed by atoms with Gasteiger partial charge in [0.05, 0.1) is 5.56 Å². The lowest BCUT2D eigenvalue weighted by atomic mass is 10.1. The van der Waals surface area contributed by atoms with Crippen molar-refractivity contribution in [2.45, 2.75) is 6.18 Å². The first kappa shape index (κ1) is 12.0. The zero-order chi connectivity index (χ0) is 11.7. The Balaban J connectivity index is 3.19. The van der Waals surface area contributed by atoms with Gasteiger partial charge in [-0.1, -0.05) is 0 Å². The molecule has 0 aliphatic rings. The number of alkyl halides is 3. The van der Waals surface area contributed by atoms with Gasteiger partial charge in [-0.2, -0.15) is 13.2 Å². The fraction of sp³-hybridized carbons (Fsp3) is 0.250. The highest BCUT2D eigenvalue weighted by Gasteiger charge is 2.33. The van der Waals surface area contributed by atoms with Crippen LogP contribution in [0.2, 0.25) is 0 Å². The molecule has 3 nitrogen and oxygen atoms in total. The fourth-order valence-corrected chi connectivity index (χ4v) is 1.64. The van der Waals surface area contributed by atoms with Gasteiger partial charge in [0.2, 0.25) is 0 Å². The van der Waals surface area contributed by atoms with E-state index in [4.69, 9.17) is 0 Å². The number of halogens is 3. The van der Waals surface area contributed by atoms with E-state index in [1.807, 2.05) is 0 Å². The lowest BCUT2D eigenvalue weighted by Gasteiger charge is -2.10. The molecule has 0 spiro atoms. The molecule has 0 bridgehead atoms. The molecule has 1 aromatic heterocycles. The predicted molar refractivity (Wildman–Crippen MR) is 47.5 cm³/mol. The largest absolute Gasteiger partial charge is 0.416 e. The van der Waals surface area contributed by atoms with Crippen molar-refractivity contribution in [2.24, 2.45) is 0 Å². The summed E-state index contributed by atoms with van der Waals surface area (Å²) in [5, 5.41) is 0. The summed E-state index contributed by atoms with van der Waals surface area (Å²) in [5.41, 5.74) is -1.46. The third-order valence-corrected chi connectivity index (χ3v) is 2.18. The third kappa shape index (κ3) is 3.50. The van der Waals surface area contributed by atoms with E-state index in [1.165, 1.54) is 0 Å². The maximum atomic E-state index is 12.4. The molecule has 0 aliphatic carbocycles. The van der Waals surface area contributed by atoms with Crippen LogP contribution in [0.15, 0.2) is 18.5 Å². The molecule has 0 aliphatic heterocycles. The highest BCUT2D eigenvalue weighted by atomic mass is 32.2. The van der Waals surface area contributed by atoms with Gasteiger partial charge in [0.1, 0.15) is 5.75 Å². The van der Waals surface area contributed by atoms with Gasteiger partial charge in [0, 0.05) is 24.2 Å². The minimum atomic E-state index is -4.58. The van der Waals surface area contributed by atoms with Gasteiger partial charge in [-0.15, -0.1) is 0 Å². The smallest absolute Gasteiger partial charge is 0.264 e. The molecule has 1 aromatic rings. The summed E-state index contributed by atoms with van der Waals surface area (Å²) in [7, 11) is -3.62. The van der Waals surface area contributed by atoms with Crippen LogP contribution < -0.4 is 0 Å². The van der Waals surface area contributed by atoms with Crippen LogP contribution in [-0.4, -0.2) is 19.7 Å². The number of hydrogen-bond donors (Lipinski definition) is 0. The van der Waals surface area contributed by atoms with Gasteiger partial charge in [-0.25, -0.2) is 8.42 Å². The molecule has 0 aromatic carbocycles. The van der Waals surface area contributed by atoms with E-state index in [-0.39, 0.29) is 0 Å². The van der Waals surface area contributed by atoms with Crippen LogP contribution in [0.4, 0.5) is 13.2 Å². The number of pyridine rings is 1. The molecule has 0 fully saturated rings. The first-order valence-corrected chi connectivity index (χ1v) is 5.71. The van der Waals surface area contributed by atoms with Crippen molar-refractivity contribution in [3.63, 3.8) is 0 Å². The fourth-order valence-electron chi connectivity index (χ4n) is 0.989. The number of aromatic nitrogens is 1. The SMILES string of the molecule is CS(=O)(=O)[CH]c1cnccc1C(F)(F)F. The van der Waals surface area contributed by atoms with Crippen LogP contribution in [-0.2, 0) is 16.0 Å². The van der Waals surface area contributed by atoms with Crippen LogP contribution in [0.3, 0.4) is 0 Å². The Kier molecular flexibility index (Phi) is 3.03. The topological polar surface area (TPSA) is 47.0 Å². The molecule has 1 radical (unpaired) electrons. The molecule has 15 heavy (non-hydrogen) atoms. The van der Waals surface area contributed by atoms with Crippen LogP contribution in [0.25, 0.3) is 0 Å². The third-order valence-electron chi connectivity index (χ3n) is 1.50. The second kappa shape index (κ2) is 3.80. The zero-order valence-corrected chi connectivity index (χ0v) is 8.43. The number of rotatable bonds is 2. The first-order chi connectivity index (χ1) is 6.70. The van der Waals surface area contributed by atoms with Gasteiger partial charge >= 0.3 is 6.18 Å². The second-order valence-electron chi connectivity index (χ2n) is 2.91. The van der Waals surface area contributed by atoms with E-state index in [0.29, 0.717) is 5.75 Å². The summed E-state index contributed by atoms with van der Waals surface area (Å²) >= 11 is 0. The van der Waals surface area contributed by atoms with Crippen LogP contribution in [0.5, 0.6) is 0 Å². The van der Waals surface area contributed by atoms with Crippen molar-refractivity contribution in [1.29, 1.82) is 0 Å². The van der Waals surface area contributed by atoms with Crippen molar-refractivity contribution in [2.75, 3.05) is 6.26 Å². The molecular formula is C8H7F3NO2S. The van der Waals surface area contributed by atoms with Gasteiger partial charge in [-0.05, 0) is 6.07 Å². The molecule has 0 saturated heterocycles. The standard InChI is InChI=1S/C8H7F3NO2S/c1-15(13,14)5-6-4-12-3-2-7(6)8(9,10)11/h2-5H,1H3. The summed E-state index contributed by atoms with van der Waals surface area (Å²) in [6.45, 7) is 0. The lowest BCUT2D eigenvalue weighted by molar-refractivity contribution is -0.137. The molecule has 1 heterocycles. The predicted octanol–water partition coefficient (Wildman–Crippen LogP) is 1.65. The van der Waals surface area contributed by atoms with Gasteiger partial charge in [-0.3, -0.25) is 4.98 Å². The Labute approximate surface area is 84.9 Å². The lowest BCUT2D eigenvalue weighted by Crippen LogP contribution is -2.11. The monoisotopic (exact) mass is 238 g/mol. The van der Waals surface area contributed by atoms with E-state index in [2.05, 4.69) is 4.98 Å². The van der Waals surface area contributed by atoms with E-state index in [1.54, 1.807) is 0 Å². The normalized spacial score (nSPS) is 12.8. The van der Waals surface area contributed by atoms with Crippen LogP contribution in [0, 0.1) is 5.75 Å². The van der Waals surface area contributed by atoms with Gasteiger partial charge < -0.3 is 0 Å². The Morgan fingerprint density at radius 1 is 1.40 bits per heavy atom. The molecule has 83 valence electrons. The Morgan fingerprint density at radius 2 is 2.00 bits per heavy atom. The summed E-state index contributed by atoms with van der Waals surface area (Å²) in [4.78, 5) is 3.45. The van der Waals surface area contributed by atoms with Crippen molar-refractivity contribution < 1.29 is 21.6 Å².